The molecule has 0 aromatic carbocycles. The van der Waals surface area contributed by atoms with Crippen molar-refractivity contribution in [3.8, 4) is 0 Å². The molecule has 2 aliphatic rings. The van der Waals surface area contributed by atoms with Gasteiger partial charge in [0.1, 0.15) is 12.2 Å². The molecular weight excluding hydrogens is 342 g/mol. The molecule has 2 heterocycles. The van der Waals surface area contributed by atoms with E-state index in [2.05, 4.69) is 10.0 Å². The lowest BCUT2D eigenvalue weighted by atomic mass is 9.81. The topological polar surface area (TPSA) is 134 Å². The van der Waals surface area contributed by atoms with E-state index in [1.807, 2.05) is 20.8 Å². The van der Waals surface area contributed by atoms with Crippen LogP contribution in [0.2, 0.25) is 0 Å². The van der Waals surface area contributed by atoms with Crippen molar-refractivity contribution in [1.29, 1.82) is 0 Å². The molecule has 0 aromatic heterocycles. The number of aliphatic hydroxyl groups excluding tert-OH is 2. The third-order valence-electron chi connectivity index (χ3n) is 5.76. The molecule has 9 heteroatoms. The van der Waals surface area contributed by atoms with Crippen molar-refractivity contribution in [2.24, 2.45) is 22.9 Å². The van der Waals surface area contributed by atoms with Crippen molar-refractivity contribution in [1.82, 2.24) is 0 Å². The summed E-state index contributed by atoms with van der Waals surface area (Å²) in [5.41, 5.74) is 8.93. The lowest BCUT2D eigenvalue weighted by molar-refractivity contribution is -0.312. The maximum Gasteiger partial charge on any atom is 0.182 e. The van der Waals surface area contributed by atoms with Crippen LogP contribution < -0.4 is 0 Å². The first-order valence-electron chi connectivity index (χ1n) is 9.10. The Morgan fingerprint density at radius 3 is 2.38 bits per heavy atom. The molecule has 0 spiro atoms. The van der Waals surface area contributed by atoms with Gasteiger partial charge in [-0.2, -0.15) is 0 Å². The van der Waals surface area contributed by atoms with Crippen LogP contribution in [-0.4, -0.2) is 59.0 Å². The predicted molar refractivity (Wildman–Crippen MR) is 91.8 cm³/mol. The van der Waals surface area contributed by atoms with Gasteiger partial charge in [-0.1, -0.05) is 32.8 Å². The zero-order chi connectivity index (χ0) is 19.6. The summed E-state index contributed by atoms with van der Waals surface area (Å²) in [5.74, 6) is -0.706. The molecule has 0 radical (unpaired) electrons. The molecule has 2 N–H and O–H groups in total. The van der Waals surface area contributed by atoms with Gasteiger partial charge in [0.2, 0.25) is 0 Å². The van der Waals surface area contributed by atoms with E-state index in [1.165, 1.54) is 6.92 Å². The Hall–Kier alpha value is -1.22. The summed E-state index contributed by atoms with van der Waals surface area (Å²) in [5, 5.41) is 23.8. The van der Waals surface area contributed by atoms with Gasteiger partial charge in [0.05, 0.1) is 18.2 Å². The number of hydrogen-bond donors (Lipinski definition) is 2. The molecule has 2 fully saturated rings. The fourth-order valence-corrected chi connectivity index (χ4v) is 3.79. The van der Waals surface area contributed by atoms with E-state index < -0.39 is 42.9 Å². The summed E-state index contributed by atoms with van der Waals surface area (Å²) in [6.07, 6.45) is -4.69. The van der Waals surface area contributed by atoms with Crippen LogP contribution >= 0.6 is 0 Å². The van der Waals surface area contributed by atoms with E-state index in [0.29, 0.717) is 0 Å². The van der Waals surface area contributed by atoms with Crippen LogP contribution in [0.4, 0.5) is 0 Å². The number of carbonyl (C=O) groups excluding carboxylic acids is 1. The van der Waals surface area contributed by atoms with Crippen molar-refractivity contribution in [3.63, 3.8) is 0 Å². The molecule has 2 rings (SSSR count). The zero-order valence-electron chi connectivity index (χ0n) is 15.8. The first-order chi connectivity index (χ1) is 12.2. The highest BCUT2D eigenvalue weighted by molar-refractivity contribution is 5.81. The SMILES string of the molecule is CC[C@@H]1O[C@H](O[C@H]2C(C)[C@H](O)[C@H](O)O[C@H]2C(C)=O)[C@@H](N=[N+]=[N-])C(C)[C@@H]1C. The third kappa shape index (κ3) is 4.03. The molecule has 0 amide bonds. The van der Waals surface area contributed by atoms with Crippen molar-refractivity contribution in [2.75, 3.05) is 0 Å². The summed E-state index contributed by atoms with van der Waals surface area (Å²) in [6, 6.07) is -0.568. The van der Waals surface area contributed by atoms with Gasteiger partial charge in [-0.3, -0.25) is 4.79 Å². The number of rotatable bonds is 5. The third-order valence-corrected chi connectivity index (χ3v) is 5.76. The highest BCUT2D eigenvalue weighted by atomic mass is 16.7. The zero-order valence-corrected chi connectivity index (χ0v) is 15.8. The van der Waals surface area contributed by atoms with E-state index in [-0.39, 0.29) is 23.7 Å². The number of azide groups is 1. The monoisotopic (exact) mass is 371 g/mol. The Balaban J connectivity index is 2.28. The summed E-state index contributed by atoms with van der Waals surface area (Å²) >= 11 is 0. The summed E-state index contributed by atoms with van der Waals surface area (Å²) < 4.78 is 17.3. The standard InChI is InChI=1S/C17H29N3O6/c1-6-11-7(2)8(3)12(19-20-18)17(24-11)26-14-9(4)13(22)16(23)25-15(14)10(5)21/h7-9,11-17,22-23H,6H2,1-5H3/t7-,8?,9?,11-,12-,13-,14-,15-,16+,17+/m0/s1. The van der Waals surface area contributed by atoms with Gasteiger partial charge in [-0.25, -0.2) is 0 Å². The first-order valence-corrected chi connectivity index (χ1v) is 9.10. The summed E-state index contributed by atoms with van der Waals surface area (Å²) in [7, 11) is 0. The number of Topliss-reactive ketones (excluding diaryl/α,β-unsaturated/α-hetero) is 1. The minimum Gasteiger partial charge on any atom is -0.387 e. The fourth-order valence-electron chi connectivity index (χ4n) is 3.79. The second kappa shape index (κ2) is 8.65. The molecule has 10 atom stereocenters. The number of hydrogen-bond acceptors (Lipinski definition) is 7. The molecule has 9 nitrogen and oxygen atoms in total. The van der Waals surface area contributed by atoms with Crippen molar-refractivity contribution < 1.29 is 29.2 Å². The van der Waals surface area contributed by atoms with Crippen LogP contribution in [0, 0.1) is 17.8 Å². The number of aliphatic hydroxyl groups is 2. The molecule has 2 aliphatic heterocycles. The molecule has 0 aliphatic carbocycles. The minimum absolute atomic E-state index is 0.0145. The van der Waals surface area contributed by atoms with Gasteiger partial charge in [-0.05, 0) is 30.7 Å². The van der Waals surface area contributed by atoms with E-state index in [4.69, 9.17) is 19.7 Å². The molecule has 2 saturated heterocycles. The van der Waals surface area contributed by atoms with Crippen LogP contribution in [0.3, 0.4) is 0 Å². The van der Waals surface area contributed by atoms with Crippen LogP contribution in [0.5, 0.6) is 0 Å². The van der Waals surface area contributed by atoms with Gasteiger partial charge in [0.25, 0.3) is 0 Å². The Morgan fingerprint density at radius 1 is 1.19 bits per heavy atom. The second-order valence-corrected chi connectivity index (χ2v) is 7.37. The highest BCUT2D eigenvalue weighted by Crippen LogP contribution is 2.37. The van der Waals surface area contributed by atoms with E-state index in [1.54, 1.807) is 6.92 Å². The number of ether oxygens (including phenoxy) is 3. The number of nitrogens with zero attached hydrogens (tertiary/aromatic N) is 3. The van der Waals surface area contributed by atoms with Crippen molar-refractivity contribution >= 4 is 5.78 Å². The number of carbonyl (C=O) groups is 1. The quantitative estimate of drug-likeness (QED) is 0.430. The fraction of sp³-hybridized carbons (Fsp3) is 0.941. The molecule has 0 bridgehead atoms. The van der Waals surface area contributed by atoms with Crippen LogP contribution in [-0.2, 0) is 19.0 Å². The Labute approximate surface area is 153 Å². The Bertz CT molecular complexity index is 555. The first kappa shape index (κ1) is 21.1. The van der Waals surface area contributed by atoms with E-state index in [9.17, 15) is 15.0 Å². The van der Waals surface area contributed by atoms with Crippen LogP contribution in [0.1, 0.15) is 41.0 Å². The van der Waals surface area contributed by atoms with Gasteiger partial charge in [0.15, 0.2) is 18.4 Å². The largest absolute Gasteiger partial charge is 0.387 e. The van der Waals surface area contributed by atoms with Crippen molar-refractivity contribution in [3.05, 3.63) is 10.4 Å². The lowest BCUT2D eigenvalue weighted by Crippen LogP contribution is -2.59. The summed E-state index contributed by atoms with van der Waals surface area (Å²) in [4.78, 5) is 14.9. The van der Waals surface area contributed by atoms with Gasteiger partial charge >= 0.3 is 0 Å². The molecule has 0 aromatic rings. The summed E-state index contributed by atoms with van der Waals surface area (Å²) in [6.45, 7) is 9.03. The minimum atomic E-state index is -1.46. The van der Waals surface area contributed by atoms with E-state index >= 15 is 0 Å². The normalized spacial score (nSPS) is 46.4. The van der Waals surface area contributed by atoms with Gasteiger partial charge in [-0.15, -0.1) is 0 Å². The van der Waals surface area contributed by atoms with Gasteiger partial charge in [0, 0.05) is 10.8 Å². The molecule has 0 saturated carbocycles. The molecule has 2 unspecified atom stereocenters. The van der Waals surface area contributed by atoms with Crippen molar-refractivity contribution in [2.45, 2.75) is 84.1 Å². The van der Waals surface area contributed by atoms with Gasteiger partial charge < -0.3 is 24.4 Å². The second-order valence-electron chi connectivity index (χ2n) is 7.37. The average Bonchev–Trinajstić information content (AvgIpc) is 2.60. The number of ketones is 1. The molecule has 26 heavy (non-hydrogen) atoms. The van der Waals surface area contributed by atoms with Crippen LogP contribution in [0.15, 0.2) is 5.11 Å². The Kier molecular flexibility index (Phi) is 7.01. The Morgan fingerprint density at radius 2 is 1.85 bits per heavy atom. The molecular formula is C17H29N3O6. The predicted octanol–water partition coefficient (Wildman–Crippen LogP) is 1.76. The van der Waals surface area contributed by atoms with E-state index in [0.717, 1.165) is 6.42 Å². The lowest BCUT2D eigenvalue weighted by Gasteiger charge is -2.47. The highest BCUT2D eigenvalue weighted by Gasteiger charge is 2.49. The molecule has 148 valence electrons. The smallest absolute Gasteiger partial charge is 0.182 e. The maximum absolute atomic E-state index is 12.0. The van der Waals surface area contributed by atoms with Crippen LogP contribution in [0.25, 0.3) is 10.4 Å². The average molecular weight is 371 g/mol. The maximum atomic E-state index is 12.0.